The maximum atomic E-state index is 13.3. The highest BCUT2D eigenvalue weighted by atomic mass is 19.4. The van der Waals surface area contributed by atoms with E-state index >= 15 is 0 Å². The van der Waals surface area contributed by atoms with Gasteiger partial charge in [0.25, 0.3) is 5.91 Å². The Labute approximate surface area is 111 Å². The molecular weight excluding hydrogens is 282 g/mol. The number of amides is 1. The van der Waals surface area contributed by atoms with E-state index in [1.54, 1.807) is 6.92 Å². The van der Waals surface area contributed by atoms with Crippen molar-refractivity contribution in [3.63, 3.8) is 0 Å². The van der Waals surface area contributed by atoms with E-state index in [2.05, 4.69) is 4.74 Å². The molecular formula is C12H11F4NO3. The molecule has 0 aromatic heterocycles. The highest BCUT2D eigenvalue weighted by Crippen LogP contribution is 2.30. The number of nitrogens with one attached hydrogen (secondary N) is 1. The largest absolute Gasteiger partial charge is 0.465 e. The van der Waals surface area contributed by atoms with E-state index < -0.39 is 41.5 Å². The summed E-state index contributed by atoms with van der Waals surface area (Å²) >= 11 is 0. The van der Waals surface area contributed by atoms with Crippen molar-refractivity contribution in [1.29, 1.82) is 0 Å². The van der Waals surface area contributed by atoms with Gasteiger partial charge in [-0.25, -0.2) is 4.39 Å². The van der Waals surface area contributed by atoms with E-state index in [1.165, 1.54) is 0 Å². The molecule has 0 bridgehead atoms. The van der Waals surface area contributed by atoms with Crippen LogP contribution in [0, 0.1) is 5.82 Å². The van der Waals surface area contributed by atoms with Crippen LogP contribution >= 0.6 is 0 Å². The van der Waals surface area contributed by atoms with Crippen LogP contribution in [-0.2, 0) is 15.7 Å². The molecule has 0 fully saturated rings. The molecule has 1 aromatic rings. The second kappa shape index (κ2) is 6.36. The molecule has 110 valence electrons. The minimum atomic E-state index is -4.69. The van der Waals surface area contributed by atoms with E-state index in [4.69, 9.17) is 0 Å². The first-order valence-electron chi connectivity index (χ1n) is 5.56. The summed E-state index contributed by atoms with van der Waals surface area (Å²) < 4.78 is 55.2. The molecule has 1 rings (SSSR count). The predicted octanol–water partition coefficient (Wildman–Crippen LogP) is 2.14. The number of carbonyl (C=O) groups is 2. The predicted molar refractivity (Wildman–Crippen MR) is 60.4 cm³/mol. The fourth-order valence-electron chi connectivity index (χ4n) is 1.34. The van der Waals surface area contributed by atoms with Gasteiger partial charge >= 0.3 is 12.1 Å². The number of hydrogen-bond donors (Lipinski definition) is 1. The summed E-state index contributed by atoms with van der Waals surface area (Å²) in [6, 6.07) is 1.45. The topological polar surface area (TPSA) is 55.4 Å². The van der Waals surface area contributed by atoms with Crippen LogP contribution < -0.4 is 5.32 Å². The molecule has 0 aliphatic rings. The molecule has 8 heteroatoms. The molecule has 0 saturated carbocycles. The molecule has 0 unspecified atom stereocenters. The molecule has 0 radical (unpaired) electrons. The minimum absolute atomic E-state index is 0.0899. The number of esters is 1. The maximum Gasteiger partial charge on any atom is 0.416 e. The molecule has 0 aliphatic carbocycles. The van der Waals surface area contributed by atoms with Crippen LogP contribution in [-0.4, -0.2) is 25.0 Å². The zero-order valence-electron chi connectivity index (χ0n) is 10.4. The highest BCUT2D eigenvalue weighted by molar-refractivity contribution is 5.96. The summed E-state index contributed by atoms with van der Waals surface area (Å²) in [5, 5.41) is 1.98. The van der Waals surface area contributed by atoms with Gasteiger partial charge < -0.3 is 10.1 Å². The first kappa shape index (κ1) is 15.9. The van der Waals surface area contributed by atoms with E-state index in [-0.39, 0.29) is 6.61 Å². The first-order chi connectivity index (χ1) is 9.25. The van der Waals surface area contributed by atoms with Crippen molar-refractivity contribution in [3.05, 3.63) is 35.1 Å². The number of benzene rings is 1. The Hall–Kier alpha value is -2.12. The lowest BCUT2D eigenvalue weighted by Crippen LogP contribution is -2.31. The monoisotopic (exact) mass is 293 g/mol. The lowest BCUT2D eigenvalue weighted by Gasteiger charge is -2.10. The third-order valence-electron chi connectivity index (χ3n) is 2.24. The van der Waals surface area contributed by atoms with Crippen molar-refractivity contribution in [1.82, 2.24) is 5.32 Å². The van der Waals surface area contributed by atoms with Crippen LogP contribution in [0.1, 0.15) is 22.8 Å². The second-order valence-corrected chi connectivity index (χ2v) is 3.68. The summed E-state index contributed by atoms with van der Waals surface area (Å²) in [5.74, 6) is -3.01. The minimum Gasteiger partial charge on any atom is -0.465 e. The number of halogens is 4. The number of carbonyl (C=O) groups excluding carboxylic acids is 2. The SMILES string of the molecule is CCOC(=O)CNC(=O)c1cc(C(F)(F)F)ccc1F. The molecule has 1 amide bonds. The maximum absolute atomic E-state index is 13.3. The lowest BCUT2D eigenvalue weighted by molar-refractivity contribution is -0.142. The van der Waals surface area contributed by atoms with Crippen molar-refractivity contribution in [2.45, 2.75) is 13.1 Å². The van der Waals surface area contributed by atoms with E-state index in [9.17, 15) is 27.2 Å². The van der Waals surface area contributed by atoms with Gasteiger partial charge in [0, 0.05) is 0 Å². The van der Waals surface area contributed by atoms with Gasteiger partial charge in [-0.05, 0) is 25.1 Å². The van der Waals surface area contributed by atoms with Crippen molar-refractivity contribution in [2.75, 3.05) is 13.2 Å². The summed E-state index contributed by atoms with van der Waals surface area (Å²) in [6.45, 7) is 1.08. The molecule has 0 atom stereocenters. The number of hydrogen-bond acceptors (Lipinski definition) is 3. The van der Waals surface area contributed by atoms with Gasteiger partial charge in [-0.1, -0.05) is 0 Å². The third kappa shape index (κ3) is 4.22. The fraction of sp³-hybridized carbons (Fsp3) is 0.333. The van der Waals surface area contributed by atoms with Crippen LogP contribution in [0.5, 0.6) is 0 Å². The lowest BCUT2D eigenvalue weighted by atomic mass is 10.1. The summed E-state index contributed by atoms with van der Waals surface area (Å²) in [6.07, 6.45) is -4.69. The molecule has 0 saturated heterocycles. The van der Waals surface area contributed by atoms with Gasteiger partial charge in [-0.15, -0.1) is 0 Å². The van der Waals surface area contributed by atoms with Crippen molar-refractivity contribution < 1.29 is 31.9 Å². The van der Waals surface area contributed by atoms with Crippen LogP contribution in [0.25, 0.3) is 0 Å². The van der Waals surface area contributed by atoms with Gasteiger partial charge in [0.1, 0.15) is 12.4 Å². The van der Waals surface area contributed by atoms with Crippen molar-refractivity contribution in [3.8, 4) is 0 Å². The fourth-order valence-corrected chi connectivity index (χ4v) is 1.34. The summed E-state index contributed by atoms with van der Waals surface area (Å²) in [4.78, 5) is 22.5. The van der Waals surface area contributed by atoms with Gasteiger partial charge in [0.05, 0.1) is 17.7 Å². The molecule has 0 aliphatic heterocycles. The first-order valence-corrected chi connectivity index (χ1v) is 5.56. The zero-order valence-corrected chi connectivity index (χ0v) is 10.4. The van der Waals surface area contributed by atoms with Gasteiger partial charge in [0.15, 0.2) is 0 Å². The Kier molecular flexibility index (Phi) is 5.06. The quantitative estimate of drug-likeness (QED) is 0.683. The summed E-state index contributed by atoms with van der Waals surface area (Å²) in [7, 11) is 0. The van der Waals surface area contributed by atoms with Gasteiger partial charge in [-0.2, -0.15) is 13.2 Å². The van der Waals surface area contributed by atoms with Crippen LogP contribution in [0.15, 0.2) is 18.2 Å². The van der Waals surface area contributed by atoms with Crippen LogP contribution in [0.3, 0.4) is 0 Å². The number of rotatable bonds is 4. The Balaban J connectivity index is 2.85. The molecule has 0 heterocycles. The average molecular weight is 293 g/mol. The van der Waals surface area contributed by atoms with Crippen molar-refractivity contribution >= 4 is 11.9 Å². The van der Waals surface area contributed by atoms with Crippen LogP contribution in [0.2, 0.25) is 0 Å². The molecule has 1 N–H and O–H groups in total. The molecule has 0 spiro atoms. The normalized spacial score (nSPS) is 11.1. The standard InChI is InChI=1S/C12H11F4NO3/c1-2-20-10(18)6-17-11(19)8-5-7(12(14,15)16)3-4-9(8)13/h3-5H,2,6H2,1H3,(H,17,19). The third-order valence-corrected chi connectivity index (χ3v) is 2.24. The zero-order chi connectivity index (χ0) is 15.3. The van der Waals surface area contributed by atoms with E-state index in [0.717, 1.165) is 0 Å². The second-order valence-electron chi connectivity index (χ2n) is 3.68. The van der Waals surface area contributed by atoms with E-state index in [0.29, 0.717) is 18.2 Å². The molecule has 20 heavy (non-hydrogen) atoms. The number of alkyl halides is 3. The van der Waals surface area contributed by atoms with Gasteiger partial charge in [-0.3, -0.25) is 9.59 Å². The molecule has 1 aromatic carbocycles. The Bertz CT molecular complexity index is 514. The van der Waals surface area contributed by atoms with E-state index in [1.807, 2.05) is 5.32 Å². The highest BCUT2D eigenvalue weighted by Gasteiger charge is 2.31. The summed E-state index contributed by atoms with van der Waals surface area (Å²) in [5.41, 5.74) is -1.94. The number of ether oxygens (including phenoxy) is 1. The average Bonchev–Trinajstić information content (AvgIpc) is 2.35. The Morgan fingerprint density at radius 1 is 1.30 bits per heavy atom. The molecule has 4 nitrogen and oxygen atoms in total. The Morgan fingerprint density at radius 2 is 1.95 bits per heavy atom. The van der Waals surface area contributed by atoms with Crippen LogP contribution in [0.4, 0.5) is 17.6 Å². The van der Waals surface area contributed by atoms with Gasteiger partial charge in [0.2, 0.25) is 0 Å². The Morgan fingerprint density at radius 3 is 2.50 bits per heavy atom. The smallest absolute Gasteiger partial charge is 0.416 e. The van der Waals surface area contributed by atoms with Crippen molar-refractivity contribution in [2.24, 2.45) is 0 Å².